The number of rotatable bonds is 19. The lowest BCUT2D eigenvalue weighted by molar-refractivity contribution is 0.0650. The smallest absolute Gasteiger partial charge is 0.336 e. The summed E-state index contributed by atoms with van der Waals surface area (Å²) < 4.78 is 0. The van der Waals surface area contributed by atoms with Crippen LogP contribution in [-0.2, 0) is 12.8 Å². The van der Waals surface area contributed by atoms with Gasteiger partial charge in [0.25, 0.3) is 0 Å². The maximum absolute atomic E-state index is 11.8. The van der Waals surface area contributed by atoms with Crippen LogP contribution in [0.2, 0.25) is 0 Å². The largest absolute Gasteiger partial charge is 0.478 e. The maximum atomic E-state index is 11.8. The van der Waals surface area contributed by atoms with E-state index in [1.165, 1.54) is 83.1 Å². The second-order valence-corrected chi connectivity index (χ2v) is 9.68. The minimum Gasteiger partial charge on any atom is -0.478 e. The Kier molecular flexibility index (Phi) is 14.8. The number of unbranched alkanes of at least 4 members (excludes halogenated alkanes) is 13. The molecule has 0 radical (unpaired) electrons. The van der Waals surface area contributed by atoms with Gasteiger partial charge in [-0.05, 0) is 42.4 Å². The van der Waals surface area contributed by atoms with Crippen LogP contribution in [0.4, 0.5) is 0 Å². The van der Waals surface area contributed by atoms with Crippen molar-refractivity contribution in [1.29, 1.82) is 0 Å². The van der Waals surface area contributed by atoms with Crippen LogP contribution in [0.25, 0.3) is 0 Å². The van der Waals surface area contributed by atoms with Crippen LogP contribution >= 0.6 is 0 Å². The fourth-order valence-electron chi connectivity index (χ4n) is 4.50. The highest BCUT2D eigenvalue weighted by atomic mass is 16.4. The van der Waals surface area contributed by atoms with Crippen LogP contribution in [0.3, 0.4) is 0 Å². The van der Waals surface area contributed by atoms with Gasteiger partial charge >= 0.3 is 11.9 Å². The molecule has 4 heteroatoms. The van der Waals surface area contributed by atoms with E-state index in [1.54, 1.807) is 0 Å². The van der Waals surface area contributed by atoms with E-state index < -0.39 is 11.9 Å². The zero-order valence-corrected chi connectivity index (χ0v) is 20.8. The number of carbonyl (C=O) groups is 2. The van der Waals surface area contributed by atoms with E-state index in [0.29, 0.717) is 12.0 Å². The van der Waals surface area contributed by atoms with Gasteiger partial charge in [-0.2, -0.15) is 0 Å². The highest BCUT2D eigenvalue weighted by Crippen LogP contribution is 2.25. The van der Waals surface area contributed by atoms with Crippen molar-refractivity contribution in [1.82, 2.24) is 0 Å². The first-order valence-electron chi connectivity index (χ1n) is 13.0. The van der Waals surface area contributed by atoms with Crippen LogP contribution in [0.15, 0.2) is 12.1 Å². The van der Waals surface area contributed by atoms with Crippen molar-refractivity contribution < 1.29 is 19.8 Å². The molecule has 1 aromatic carbocycles. The Balaban J connectivity index is 2.35. The number of hydrogen-bond donors (Lipinski definition) is 2. The molecule has 4 nitrogen and oxygen atoms in total. The summed E-state index contributed by atoms with van der Waals surface area (Å²) in [6.45, 7) is 6.34. The molecule has 0 amide bonds. The summed E-state index contributed by atoms with van der Waals surface area (Å²) in [4.78, 5) is 23.3. The average Bonchev–Trinajstić information content (AvgIpc) is 2.73. The summed E-state index contributed by atoms with van der Waals surface area (Å²) in [5, 5.41) is 19.1. The lowest BCUT2D eigenvalue weighted by atomic mass is 9.88. The Bertz CT molecular complexity index is 678. The number of hydrogen-bond acceptors (Lipinski definition) is 2. The number of benzene rings is 1. The normalized spacial score (nSPS) is 11.2. The maximum Gasteiger partial charge on any atom is 0.336 e. The van der Waals surface area contributed by atoms with Gasteiger partial charge in [-0.3, -0.25) is 0 Å². The van der Waals surface area contributed by atoms with Gasteiger partial charge in [0.05, 0.1) is 11.1 Å². The van der Waals surface area contributed by atoms with Gasteiger partial charge in [0.15, 0.2) is 0 Å². The quantitative estimate of drug-likeness (QED) is 0.210. The number of aromatic carboxylic acids is 2. The van der Waals surface area contributed by atoms with E-state index >= 15 is 0 Å². The summed E-state index contributed by atoms with van der Waals surface area (Å²) in [7, 11) is 0. The molecule has 0 saturated heterocycles. The molecule has 0 aliphatic heterocycles. The first-order valence-corrected chi connectivity index (χ1v) is 13.0. The molecule has 0 spiro atoms. The Morgan fingerprint density at radius 3 is 1.59 bits per heavy atom. The highest BCUT2D eigenvalue weighted by Gasteiger charge is 2.23. The summed E-state index contributed by atoms with van der Waals surface area (Å²) in [6.07, 6.45) is 19.7. The van der Waals surface area contributed by atoms with Gasteiger partial charge in [0.2, 0.25) is 0 Å². The molecule has 0 aliphatic carbocycles. The summed E-state index contributed by atoms with van der Waals surface area (Å²) in [5.41, 5.74) is 1.59. The molecule has 0 heterocycles. The fourth-order valence-corrected chi connectivity index (χ4v) is 4.50. The monoisotopic (exact) mass is 446 g/mol. The molecule has 182 valence electrons. The summed E-state index contributed by atoms with van der Waals surface area (Å²) >= 11 is 0. The summed E-state index contributed by atoms with van der Waals surface area (Å²) in [6, 6.07) is 3.30. The Hall–Kier alpha value is -1.84. The average molecular weight is 447 g/mol. The third kappa shape index (κ3) is 11.2. The third-order valence-electron chi connectivity index (χ3n) is 6.27. The fraction of sp³-hybridized carbons (Fsp3) is 0.714. The van der Waals surface area contributed by atoms with Gasteiger partial charge in [0.1, 0.15) is 0 Å². The van der Waals surface area contributed by atoms with Crippen LogP contribution in [0, 0.1) is 5.92 Å². The number of carboxylic acids is 2. The molecule has 0 saturated carbocycles. The molecular formula is C28H46O4. The molecule has 1 aromatic rings. The minimum atomic E-state index is -1.17. The molecule has 0 unspecified atom stereocenters. The van der Waals surface area contributed by atoms with Crippen molar-refractivity contribution in [3.63, 3.8) is 0 Å². The standard InChI is InChI=1S/C28H46O4/c1-4-5-6-7-8-9-10-11-12-13-14-15-16-17-18-23-19-20-24(27(29)30)26(28(31)32)25(23)21-22(2)3/h19-20,22H,4-18,21H2,1-3H3,(H,29,30)(H,31,32). The van der Waals surface area contributed by atoms with Crippen molar-refractivity contribution in [2.24, 2.45) is 5.92 Å². The van der Waals surface area contributed by atoms with Crippen molar-refractivity contribution in [2.75, 3.05) is 0 Å². The van der Waals surface area contributed by atoms with E-state index in [1.807, 2.05) is 19.9 Å². The Morgan fingerprint density at radius 2 is 1.19 bits per heavy atom. The molecule has 0 fully saturated rings. The molecule has 0 bridgehead atoms. The molecule has 0 atom stereocenters. The van der Waals surface area contributed by atoms with Gasteiger partial charge in [0, 0.05) is 0 Å². The zero-order valence-electron chi connectivity index (χ0n) is 20.8. The first kappa shape index (κ1) is 28.2. The lowest BCUT2D eigenvalue weighted by Gasteiger charge is -2.17. The van der Waals surface area contributed by atoms with Gasteiger partial charge < -0.3 is 10.2 Å². The van der Waals surface area contributed by atoms with Crippen LogP contribution in [0.1, 0.15) is 143 Å². The summed E-state index contributed by atoms with van der Waals surface area (Å²) in [5.74, 6) is -2.04. The predicted octanol–water partition coefficient (Wildman–Crippen LogP) is 8.31. The third-order valence-corrected chi connectivity index (χ3v) is 6.27. The molecular weight excluding hydrogens is 400 g/mol. The number of aryl methyl sites for hydroxylation is 1. The molecule has 32 heavy (non-hydrogen) atoms. The van der Waals surface area contributed by atoms with Gasteiger partial charge in [-0.1, -0.05) is 110 Å². The van der Waals surface area contributed by atoms with Crippen molar-refractivity contribution in [3.8, 4) is 0 Å². The zero-order chi connectivity index (χ0) is 23.8. The lowest BCUT2D eigenvalue weighted by Crippen LogP contribution is -2.15. The molecule has 2 N–H and O–H groups in total. The minimum absolute atomic E-state index is 0.0194. The van der Waals surface area contributed by atoms with Crippen LogP contribution in [0.5, 0.6) is 0 Å². The Morgan fingerprint density at radius 1 is 0.719 bits per heavy atom. The Labute approximate surface area is 195 Å². The molecule has 0 aliphatic rings. The van der Waals surface area contributed by atoms with Gasteiger partial charge in [-0.15, -0.1) is 0 Å². The number of carboxylic acid groups (broad SMARTS) is 2. The highest BCUT2D eigenvalue weighted by molar-refractivity contribution is 6.03. The second-order valence-electron chi connectivity index (χ2n) is 9.68. The van der Waals surface area contributed by atoms with E-state index in [4.69, 9.17) is 0 Å². The van der Waals surface area contributed by atoms with E-state index in [9.17, 15) is 19.8 Å². The van der Waals surface area contributed by atoms with E-state index in [-0.39, 0.29) is 17.0 Å². The van der Waals surface area contributed by atoms with Crippen LogP contribution in [-0.4, -0.2) is 22.2 Å². The molecule has 0 aromatic heterocycles. The van der Waals surface area contributed by atoms with Crippen LogP contribution < -0.4 is 0 Å². The van der Waals surface area contributed by atoms with E-state index in [2.05, 4.69) is 6.92 Å². The van der Waals surface area contributed by atoms with Gasteiger partial charge in [-0.25, -0.2) is 9.59 Å². The predicted molar refractivity (Wildman–Crippen MR) is 133 cm³/mol. The van der Waals surface area contributed by atoms with Crippen molar-refractivity contribution >= 4 is 11.9 Å². The second kappa shape index (κ2) is 16.7. The first-order chi connectivity index (χ1) is 15.4. The SMILES string of the molecule is CCCCCCCCCCCCCCCCc1ccc(C(=O)O)c(C(=O)O)c1CC(C)C. The van der Waals surface area contributed by atoms with Crippen molar-refractivity contribution in [3.05, 3.63) is 34.4 Å². The topological polar surface area (TPSA) is 74.6 Å². The van der Waals surface area contributed by atoms with E-state index in [0.717, 1.165) is 24.8 Å². The molecule has 1 rings (SSSR count). The van der Waals surface area contributed by atoms with Crippen molar-refractivity contribution in [2.45, 2.75) is 124 Å².